The first-order valence-electron chi connectivity index (χ1n) is 6.17. The van der Waals surface area contributed by atoms with Crippen LogP contribution in [-0.4, -0.2) is 3.96 Å². The van der Waals surface area contributed by atoms with E-state index in [1.807, 2.05) is 60.7 Å². The summed E-state index contributed by atoms with van der Waals surface area (Å²) in [5.41, 5.74) is 1.76. The molecule has 0 saturated heterocycles. The molecule has 3 rings (SSSR count). The maximum atomic E-state index is 12.4. The molecule has 3 aromatic rings. The van der Waals surface area contributed by atoms with Crippen molar-refractivity contribution in [2.75, 3.05) is 0 Å². The van der Waals surface area contributed by atoms with Gasteiger partial charge in [-0.3, -0.25) is 0 Å². The van der Waals surface area contributed by atoms with E-state index in [-0.39, 0.29) is 18.1 Å². The van der Waals surface area contributed by atoms with Crippen LogP contribution in [0.1, 0.15) is 5.56 Å². The van der Waals surface area contributed by atoms with Gasteiger partial charge in [-0.05, 0) is 29.3 Å². The Labute approximate surface area is 137 Å². The first-order valence-corrected chi connectivity index (χ1v) is 7.32. The summed E-state index contributed by atoms with van der Waals surface area (Å²) in [6.07, 6.45) is 0. The van der Waals surface area contributed by atoms with Crippen molar-refractivity contribution in [2.45, 2.75) is 6.54 Å². The summed E-state index contributed by atoms with van der Waals surface area (Å²) in [4.78, 5) is 12.4. The molecule has 0 unspecified atom stereocenters. The van der Waals surface area contributed by atoms with Gasteiger partial charge in [-0.1, -0.05) is 52.5 Å². The van der Waals surface area contributed by atoms with Crippen LogP contribution in [0.15, 0.2) is 65.5 Å². The van der Waals surface area contributed by atoms with E-state index in [2.05, 4.69) is 0 Å². The van der Waals surface area contributed by atoms with Gasteiger partial charge in [0.05, 0.1) is 0 Å². The lowest BCUT2D eigenvalue weighted by atomic mass is 10.2. The summed E-state index contributed by atoms with van der Waals surface area (Å²) >= 11 is 7.46. The maximum Gasteiger partial charge on any atom is 0.516 e. The SMILES string of the molecule is O=c1n(-c2ccccc2)sc(Cl)[n+]1Cc1ccccc1.[Cl-]. The Morgan fingerprint density at radius 3 is 2.19 bits per heavy atom. The predicted molar refractivity (Wildman–Crippen MR) is 80.7 cm³/mol. The first kappa shape index (κ1) is 15.8. The predicted octanol–water partition coefficient (Wildman–Crippen LogP) is -0.108. The number of halogens is 2. The normalized spacial score (nSPS) is 10.1. The highest BCUT2D eigenvalue weighted by Gasteiger charge is 2.22. The Balaban J connectivity index is 0.00000161. The van der Waals surface area contributed by atoms with Gasteiger partial charge in [0, 0.05) is 0 Å². The van der Waals surface area contributed by atoms with Gasteiger partial charge in [0.15, 0.2) is 0 Å². The Morgan fingerprint density at radius 1 is 1.00 bits per heavy atom. The molecule has 0 saturated carbocycles. The van der Waals surface area contributed by atoms with Crippen LogP contribution in [0.3, 0.4) is 0 Å². The average molecular weight is 339 g/mol. The Hall–Kier alpha value is -1.62. The first-order chi connectivity index (χ1) is 9.75. The zero-order chi connectivity index (χ0) is 13.9. The van der Waals surface area contributed by atoms with Crippen LogP contribution in [0.25, 0.3) is 5.69 Å². The second kappa shape index (κ2) is 6.89. The van der Waals surface area contributed by atoms with Crippen molar-refractivity contribution in [2.24, 2.45) is 0 Å². The van der Waals surface area contributed by atoms with Gasteiger partial charge in [0.1, 0.15) is 23.8 Å². The molecule has 108 valence electrons. The highest BCUT2D eigenvalue weighted by Crippen LogP contribution is 2.14. The van der Waals surface area contributed by atoms with Crippen molar-refractivity contribution in [1.29, 1.82) is 0 Å². The topological polar surface area (TPSA) is 25.9 Å². The van der Waals surface area contributed by atoms with E-state index in [0.717, 1.165) is 11.3 Å². The smallest absolute Gasteiger partial charge is 0.516 e. The molecule has 0 bridgehead atoms. The fraction of sp³-hybridized carbons (Fsp3) is 0.0667. The average Bonchev–Trinajstić information content (AvgIpc) is 2.77. The number of hydrogen-bond acceptors (Lipinski definition) is 2. The molecular weight excluding hydrogens is 327 g/mol. The molecule has 0 aliphatic heterocycles. The second-order valence-corrected chi connectivity index (χ2v) is 5.85. The number of para-hydroxylation sites is 1. The van der Waals surface area contributed by atoms with E-state index in [1.54, 1.807) is 8.52 Å². The zero-order valence-corrected chi connectivity index (χ0v) is 13.3. The van der Waals surface area contributed by atoms with Gasteiger partial charge in [-0.2, -0.15) is 9.36 Å². The number of rotatable bonds is 3. The van der Waals surface area contributed by atoms with E-state index in [4.69, 9.17) is 11.6 Å². The van der Waals surface area contributed by atoms with E-state index in [1.165, 1.54) is 11.5 Å². The van der Waals surface area contributed by atoms with Gasteiger partial charge in [-0.25, -0.2) is 0 Å². The minimum absolute atomic E-state index is 0. The molecule has 0 aliphatic rings. The molecule has 0 fully saturated rings. The van der Waals surface area contributed by atoms with E-state index in [9.17, 15) is 4.79 Å². The van der Waals surface area contributed by atoms with Crippen LogP contribution < -0.4 is 22.7 Å². The fourth-order valence-electron chi connectivity index (χ4n) is 1.97. The quantitative estimate of drug-likeness (QED) is 0.612. The molecule has 0 spiro atoms. The lowest BCUT2D eigenvalue weighted by Gasteiger charge is -1.96. The molecule has 21 heavy (non-hydrogen) atoms. The summed E-state index contributed by atoms with van der Waals surface area (Å²) in [5, 5.41) is 0. The Kier molecular flexibility index (Phi) is 5.17. The highest BCUT2D eigenvalue weighted by atomic mass is 35.5. The number of hydrogen-bond donors (Lipinski definition) is 0. The van der Waals surface area contributed by atoms with Crippen molar-refractivity contribution < 1.29 is 17.0 Å². The molecule has 0 aliphatic carbocycles. The minimum atomic E-state index is -0.116. The summed E-state index contributed by atoms with van der Waals surface area (Å²) in [6.45, 7) is 0.481. The van der Waals surface area contributed by atoms with Crippen molar-refractivity contribution >= 4 is 23.1 Å². The largest absolute Gasteiger partial charge is 1.00 e. The van der Waals surface area contributed by atoms with Crippen molar-refractivity contribution in [3.05, 3.63) is 81.2 Å². The standard InChI is InChI=1S/C15H12ClN2OS.ClH/c16-14-17(11-12-7-3-1-4-8-12)15(19)18(20-14)13-9-5-2-6-10-13;/h1-10H,11H2;1H/q+1;/p-1. The van der Waals surface area contributed by atoms with Crippen molar-refractivity contribution in [3.63, 3.8) is 0 Å². The zero-order valence-electron chi connectivity index (χ0n) is 10.9. The van der Waals surface area contributed by atoms with E-state index >= 15 is 0 Å². The summed E-state index contributed by atoms with van der Waals surface area (Å²) < 4.78 is 3.66. The lowest BCUT2D eigenvalue weighted by molar-refractivity contribution is -0.698. The summed E-state index contributed by atoms with van der Waals surface area (Å²) in [6, 6.07) is 19.3. The van der Waals surface area contributed by atoms with Crippen LogP contribution in [-0.2, 0) is 6.54 Å². The number of benzene rings is 2. The molecule has 3 nitrogen and oxygen atoms in total. The van der Waals surface area contributed by atoms with Crippen LogP contribution in [0.2, 0.25) is 4.47 Å². The molecule has 2 aromatic carbocycles. The molecule has 0 N–H and O–H groups in total. The molecule has 6 heteroatoms. The molecule has 0 radical (unpaired) electrons. The van der Waals surface area contributed by atoms with Crippen LogP contribution in [0, 0.1) is 0 Å². The highest BCUT2D eigenvalue weighted by molar-refractivity contribution is 7.10. The minimum Gasteiger partial charge on any atom is -1.00 e. The van der Waals surface area contributed by atoms with Gasteiger partial charge in [0.2, 0.25) is 0 Å². The number of aromatic nitrogens is 2. The molecule has 1 heterocycles. The van der Waals surface area contributed by atoms with Crippen LogP contribution in [0.4, 0.5) is 0 Å². The van der Waals surface area contributed by atoms with Gasteiger partial charge in [-0.15, -0.1) is 0 Å². The third kappa shape index (κ3) is 3.35. The van der Waals surface area contributed by atoms with Crippen molar-refractivity contribution in [1.82, 2.24) is 3.96 Å². The molecule has 0 amide bonds. The van der Waals surface area contributed by atoms with Gasteiger partial charge >= 0.3 is 5.69 Å². The summed E-state index contributed by atoms with van der Waals surface area (Å²) in [7, 11) is 0. The Bertz CT molecular complexity index is 769. The fourth-order valence-corrected chi connectivity index (χ4v) is 3.11. The van der Waals surface area contributed by atoms with E-state index < -0.39 is 0 Å². The second-order valence-electron chi connectivity index (χ2n) is 4.33. The third-order valence-electron chi connectivity index (χ3n) is 2.96. The monoisotopic (exact) mass is 338 g/mol. The molecule has 1 aromatic heterocycles. The Morgan fingerprint density at radius 2 is 1.57 bits per heavy atom. The maximum absolute atomic E-state index is 12.4. The molecule has 0 atom stereocenters. The molecular formula is C15H12Cl2N2OS. The third-order valence-corrected chi connectivity index (χ3v) is 4.29. The van der Waals surface area contributed by atoms with E-state index in [0.29, 0.717) is 11.0 Å². The van der Waals surface area contributed by atoms with Gasteiger partial charge in [0.25, 0.3) is 4.47 Å². The van der Waals surface area contributed by atoms with Crippen LogP contribution >= 0.6 is 23.1 Å². The van der Waals surface area contributed by atoms with Crippen molar-refractivity contribution in [3.8, 4) is 5.69 Å². The van der Waals surface area contributed by atoms with Crippen LogP contribution in [0.5, 0.6) is 0 Å². The number of nitrogens with zero attached hydrogens (tertiary/aromatic N) is 2. The lowest BCUT2D eigenvalue weighted by Crippen LogP contribution is -3.00. The summed E-state index contributed by atoms with van der Waals surface area (Å²) in [5.74, 6) is 0. The van der Waals surface area contributed by atoms with Gasteiger partial charge < -0.3 is 12.4 Å².